The van der Waals surface area contributed by atoms with Gasteiger partial charge >= 0.3 is 11.9 Å². The van der Waals surface area contributed by atoms with Gasteiger partial charge in [-0.25, -0.2) is 9.59 Å². The van der Waals surface area contributed by atoms with Gasteiger partial charge in [0, 0.05) is 77.0 Å². The second-order valence-electron chi connectivity index (χ2n) is 25.4. The zero-order valence-electron chi connectivity index (χ0n) is 60.9. The van der Waals surface area contributed by atoms with Crippen molar-refractivity contribution in [2.45, 2.75) is 40.0 Å². The molecule has 0 saturated heterocycles. The number of hydrogen-bond donors (Lipinski definition) is 2. The number of anilines is 2. The smallest absolute Gasteiger partial charge is 0.338 e. The van der Waals surface area contributed by atoms with Gasteiger partial charge in [-0.1, -0.05) is 220 Å². The second kappa shape index (κ2) is 39.8. The molecule has 0 atom stereocenters. The number of nitrogens with zero attached hydrogens (tertiary/aromatic N) is 4. The van der Waals surface area contributed by atoms with Crippen LogP contribution >= 0.6 is 0 Å². The summed E-state index contributed by atoms with van der Waals surface area (Å²) in [6.07, 6.45) is 2.39. The Morgan fingerprint density at radius 2 is 0.613 bits per heavy atom. The number of esters is 2. The average molecular weight is 1420 g/mol. The van der Waals surface area contributed by atoms with E-state index in [1.807, 2.05) is 98.7 Å². The summed E-state index contributed by atoms with van der Waals surface area (Å²) < 4.78 is 32.3. The van der Waals surface area contributed by atoms with Crippen LogP contribution in [-0.4, -0.2) is 98.5 Å². The van der Waals surface area contributed by atoms with Crippen LogP contribution in [-0.2, 0) is 45.4 Å². The Balaban J connectivity index is 0.000000141. The highest BCUT2D eigenvalue weighted by molar-refractivity contribution is 6.03. The van der Waals surface area contributed by atoms with Gasteiger partial charge in [-0.15, -0.1) is 0 Å². The van der Waals surface area contributed by atoms with Crippen LogP contribution in [0.2, 0.25) is 0 Å². The molecule has 0 saturated carbocycles. The minimum absolute atomic E-state index is 0.157. The van der Waals surface area contributed by atoms with Crippen molar-refractivity contribution >= 4 is 78.2 Å². The largest absolute Gasteiger partial charge is 0.478 e. The van der Waals surface area contributed by atoms with Crippen LogP contribution in [0.5, 0.6) is 34.5 Å². The van der Waals surface area contributed by atoms with E-state index in [0.29, 0.717) is 49.6 Å². The van der Waals surface area contributed by atoms with Gasteiger partial charge in [0.15, 0.2) is 0 Å². The Morgan fingerprint density at radius 3 is 0.877 bits per heavy atom. The zero-order valence-corrected chi connectivity index (χ0v) is 60.9. The van der Waals surface area contributed by atoms with E-state index in [1.54, 1.807) is 26.0 Å². The maximum Gasteiger partial charge on any atom is 0.338 e. The third kappa shape index (κ3) is 24.4. The molecular weight excluding hydrogens is 1330 g/mol. The number of fused-ring (bicyclic) bond motifs is 8. The molecule has 0 unspecified atom stereocenters. The fourth-order valence-electron chi connectivity index (χ4n) is 11.0. The Kier molecular flexibility index (Phi) is 29.2. The maximum absolute atomic E-state index is 11.5. The Bertz CT molecular complexity index is 4300. The lowest BCUT2D eigenvalue weighted by atomic mass is 10.1. The highest BCUT2D eigenvalue weighted by Crippen LogP contribution is 2.32. The lowest BCUT2D eigenvalue weighted by Crippen LogP contribution is -2.28. The van der Waals surface area contributed by atoms with Crippen molar-refractivity contribution in [3.8, 4) is 34.5 Å². The van der Waals surface area contributed by atoms with Crippen LogP contribution in [0.15, 0.2) is 317 Å². The third-order valence-electron chi connectivity index (χ3n) is 16.4. The molecule has 0 fully saturated rings. The van der Waals surface area contributed by atoms with Crippen molar-refractivity contribution in [2.75, 3.05) is 65.7 Å². The zero-order chi connectivity index (χ0) is 75.2. The first-order valence-electron chi connectivity index (χ1n) is 34.5. The number of benzene rings is 12. The third-order valence-corrected chi connectivity index (χ3v) is 16.4. The number of hydrogen-bond acceptors (Lipinski definition) is 14. The van der Waals surface area contributed by atoms with Crippen molar-refractivity contribution in [1.82, 2.24) is 19.6 Å². The highest BCUT2D eigenvalue weighted by atomic mass is 16.5. The van der Waals surface area contributed by atoms with Crippen molar-refractivity contribution in [3.63, 3.8) is 0 Å². The molecular formula is C90H90N6O10. The summed E-state index contributed by atoms with van der Waals surface area (Å²) >= 11 is 0. The van der Waals surface area contributed by atoms with E-state index in [4.69, 9.17) is 28.4 Å². The molecule has 16 heteroatoms. The monoisotopic (exact) mass is 1410 g/mol. The fourth-order valence-corrected chi connectivity index (χ4v) is 11.0. The van der Waals surface area contributed by atoms with Gasteiger partial charge in [0.25, 0.3) is 5.91 Å². The summed E-state index contributed by atoms with van der Waals surface area (Å²) in [6, 6.07) is 88.9. The van der Waals surface area contributed by atoms with Gasteiger partial charge in [0.2, 0.25) is 5.91 Å². The first-order chi connectivity index (χ1) is 51.4. The van der Waals surface area contributed by atoms with Crippen LogP contribution in [0.4, 0.5) is 11.4 Å². The molecule has 0 aliphatic carbocycles. The Labute approximate surface area is 621 Å². The number of ether oxygens (including phenoxy) is 6. The first-order valence-corrected chi connectivity index (χ1v) is 34.5. The fraction of sp³-hybridized carbons (Fsp3) is 0.156. The maximum atomic E-state index is 11.5. The van der Waals surface area contributed by atoms with Crippen LogP contribution < -0.4 is 39.1 Å². The van der Waals surface area contributed by atoms with Gasteiger partial charge in [-0.3, -0.25) is 29.2 Å². The lowest BCUT2D eigenvalue weighted by Gasteiger charge is -2.25. The van der Waals surface area contributed by atoms with Gasteiger partial charge in [0.05, 0.1) is 0 Å². The molecule has 12 aromatic carbocycles. The predicted octanol–water partition coefficient (Wildman–Crippen LogP) is 18.4. The van der Waals surface area contributed by atoms with Crippen molar-refractivity contribution in [2.24, 2.45) is 0 Å². The molecule has 12 aromatic rings. The normalized spacial score (nSPS) is 13.0. The second-order valence-corrected chi connectivity index (χ2v) is 25.4. The van der Waals surface area contributed by atoms with Gasteiger partial charge in [0.1, 0.15) is 61.4 Å². The molecule has 0 spiro atoms. The number of nitrogens with one attached hydrogen (secondary N) is 2. The molecule has 106 heavy (non-hydrogen) atoms. The number of carbonyl (C=O) groups is 4. The predicted molar refractivity (Wildman–Crippen MR) is 428 cm³/mol. The van der Waals surface area contributed by atoms with E-state index in [-0.39, 0.29) is 11.8 Å². The minimum Gasteiger partial charge on any atom is -0.478 e. The van der Waals surface area contributed by atoms with E-state index < -0.39 is 11.9 Å². The van der Waals surface area contributed by atoms with Crippen LogP contribution in [0.25, 0.3) is 43.1 Å². The van der Waals surface area contributed by atoms with Crippen LogP contribution in [0, 0.1) is 0 Å². The van der Waals surface area contributed by atoms with Gasteiger partial charge < -0.3 is 39.1 Å². The van der Waals surface area contributed by atoms with E-state index in [2.05, 4.69) is 241 Å². The Morgan fingerprint density at radius 1 is 0.349 bits per heavy atom. The van der Waals surface area contributed by atoms with E-state index in [9.17, 15) is 19.2 Å². The summed E-state index contributed by atoms with van der Waals surface area (Å²) in [6.45, 7) is 22.8. The quantitative estimate of drug-likeness (QED) is 0.0840. The standard InChI is InChI=1S/C13H16N2O2.C13H15NO3.C12H14N2O2.C12H13NO3.4C10H8/c1-9(2)13(16)14-11-4-5-12-10(6-11)7-15(3)8-17-12;1-9(2)13(15)17-11-4-5-12-10(6-11)7-14(3)8-16-12;1-3-12(15)13-10-4-5-11-9(6-10)7-14(2)8-16-11;1-3-12(14)16-10-4-5-11-9(6-10)7-13(2)8-15-11;4*1-2-6-10-8-4-3-7-9(10)5-1/h4-6H,1,7-8H2,2-3H3,(H,14,16);4-6H,1,7-8H2,2-3H3;3-6H,1,7-8H2,2H3,(H,13,15);3-6H,1,7-8H2,2H3;4*1-8H. The molecule has 0 bridgehead atoms. The summed E-state index contributed by atoms with van der Waals surface area (Å²) in [7, 11) is 7.90. The number of rotatable bonds is 8. The van der Waals surface area contributed by atoms with Crippen LogP contribution in [0.1, 0.15) is 36.1 Å². The summed E-state index contributed by atoms with van der Waals surface area (Å²) in [5, 5.41) is 16.0. The average Bonchev–Trinajstić information content (AvgIpc) is 0.839. The molecule has 540 valence electrons. The molecule has 0 radical (unpaired) electrons. The molecule has 16 rings (SSSR count). The van der Waals surface area contributed by atoms with Crippen LogP contribution in [0.3, 0.4) is 0 Å². The minimum atomic E-state index is -0.454. The lowest BCUT2D eigenvalue weighted by molar-refractivity contribution is -0.130. The highest BCUT2D eigenvalue weighted by Gasteiger charge is 2.19. The van der Waals surface area contributed by atoms with Gasteiger partial charge in [-0.2, -0.15) is 0 Å². The van der Waals surface area contributed by atoms with E-state index >= 15 is 0 Å². The number of carbonyl (C=O) groups excluding carboxylic acids is 4. The molecule has 4 aliphatic rings. The van der Waals surface area contributed by atoms with Crippen molar-refractivity contribution in [3.05, 3.63) is 339 Å². The SMILES string of the molecule is C=C(C)C(=O)Nc1ccc2c(c1)CN(C)CO2.C=C(C)C(=O)Oc1ccc2c(c1)CN(C)CO2.C=CC(=O)Nc1ccc2c(c1)CN(C)CO2.C=CC(=O)Oc1ccc2c(c1)CN(C)CO2.c1ccc2ccccc2c1.c1ccc2ccccc2c1.c1ccc2ccccc2c1.c1ccc2ccccc2c1. The molecule has 16 nitrogen and oxygen atoms in total. The first kappa shape index (κ1) is 77.7. The van der Waals surface area contributed by atoms with E-state index in [0.717, 1.165) is 88.9 Å². The molecule has 4 aliphatic heterocycles. The molecule has 0 aromatic heterocycles. The molecule has 4 heterocycles. The van der Waals surface area contributed by atoms with Crippen molar-refractivity contribution < 1.29 is 47.6 Å². The van der Waals surface area contributed by atoms with E-state index in [1.165, 1.54) is 49.2 Å². The Hall–Kier alpha value is -12.4. The molecule has 2 N–H and O–H groups in total. The summed E-state index contributed by atoms with van der Waals surface area (Å²) in [5.74, 6) is 3.28. The summed E-state index contributed by atoms with van der Waals surface area (Å²) in [5.41, 5.74) is 6.62. The molecule has 2 amide bonds. The topological polar surface area (TPSA) is 161 Å². The number of amides is 2. The van der Waals surface area contributed by atoms with Gasteiger partial charge in [-0.05, 0) is 164 Å². The summed E-state index contributed by atoms with van der Waals surface area (Å²) in [4.78, 5) is 53.2. The van der Waals surface area contributed by atoms with Crippen molar-refractivity contribution in [1.29, 1.82) is 0 Å².